The normalized spacial score (nSPS) is 18.6. The van der Waals surface area contributed by atoms with E-state index in [1.54, 1.807) is 11.0 Å². The molecule has 3 heterocycles. The van der Waals surface area contributed by atoms with E-state index in [0.29, 0.717) is 25.1 Å². The highest BCUT2D eigenvalue weighted by atomic mass is 16.3. The van der Waals surface area contributed by atoms with Crippen molar-refractivity contribution in [3.8, 4) is 0 Å². The van der Waals surface area contributed by atoms with Crippen LogP contribution >= 0.6 is 0 Å². The summed E-state index contributed by atoms with van der Waals surface area (Å²) >= 11 is 0. The summed E-state index contributed by atoms with van der Waals surface area (Å²) in [5.41, 5.74) is 4.36. The summed E-state index contributed by atoms with van der Waals surface area (Å²) < 4.78 is 5.82. The van der Waals surface area contributed by atoms with Crippen molar-refractivity contribution in [3.63, 3.8) is 0 Å². The van der Waals surface area contributed by atoms with E-state index >= 15 is 0 Å². The first-order chi connectivity index (χ1) is 14.5. The average molecular weight is 403 g/mol. The Morgan fingerprint density at radius 1 is 1.17 bits per heavy atom. The maximum absolute atomic E-state index is 12.8. The zero-order chi connectivity index (χ0) is 20.8. The number of fused-ring (bicyclic) bond motifs is 2. The van der Waals surface area contributed by atoms with Crippen LogP contribution in [0.4, 0.5) is 5.69 Å². The first-order valence-corrected chi connectivity index (χ1v) is 10.00. The number of carbonyl (C=O) groups excluding carboxylic acids is 3. The van der Waals surface area contributed by atoms with Crippen LogP contribution in [0.15, 0.2) is 46.9 Å². The van der Waals surface area contributed by atoms with Gasteiger partial charge in [-0.2, -0.15) is 0 Å². The summed E-state index contributed by atoms with van der Waals surface area (Å²) in [4.78, 5) is 37.9. The number of piperidine rings is 1. The van der Waals surface area contributed by atoms with Crippen molar-refractivity contribution in [1.82, 2.24) is 10.2 Å². The van der Waals surface area contributed by atoms with Crippen molar-refractivity contribution < 1.29 is 18.8 Å². The summed E-state index contributed by atoms with van der Waals surface area (Å²) in [6.45, 7) is 2.92. The molecular formula is C23H21N3O4. The number of nitrogens with one attached hydrogen (secondary N) is 2. The van der Waals surface area contributed by atoms with Crippen molar-refractivity contribution in [2.75, 3.05) is 5.32 Å². The van der Waals surface area contributed by atoms with Gasteiger partial charge in [0, 0.05) is 41.7 Å². The van der Waals surface area contributed by atoms with Crippen molar-refractivity contribution >= 4 is 34.4 Å². The fourth-order valence-electron chi connectivity index (χ4n) is 4.32. The monoisotopic (exact) mass is 403 g/mol. The summed E-state index contributed by atoms with van der Waals surface area (Å²) in [6.07, 6.45) is 0.615. The number of anilines is 1. The molecule has 7 heteroatoms. The third kappa shape index (κ3) is 3.03. The molecule has 1 saturated heterocycles. The Morgan fingerprint density at radius 3 is 2.83 bits per heavy atom. The molecule has 152 valence electrons. The second-order valence-corrected chi connectivity index (χ2v) is 7.76. The number of nitrogens with zero attached hydrogens (tertiary/aromatic N) is 1. The molecule has 0 aliphatic carbocycles. The lowest BCUT2D eigenvalue weighted by Gasteiger charge is -2.29. The number of hydrogen-bond acceptors (Lipinski definition) is 5. The van der Waals surface area contributed by atoms with Gasteiger partial charge >= 0.3 is 0 Å². The minimum absolute atomic E-state index is 0.164. The van der Waals surface area contributed by atoms with Crippen LogP contribution in [-0.4, -0.2) is 28.7 Å². The fourth-order valence-corrected chi connectivity index (χ4v) is 4.32. The van der Waals surface area contributed by atoms with Gasteiger partial charge in [0.1, 0.15) is 17.4 Å². The molecule has 2 aliphatic rings. The third-order valence-corrected chi connectivity index (χ3v) is 5.89. The van der Waals surface area contributed by atoms with Gasteiger partial charge in [-0.15, -0.1) is 0 Å². The van der Waals surface area contributed by atoms with Crippen LogP contribution in [-0.2, 0) is 22.7 Å². The summed E-state index contributed by atoms with van der Waals surface area (Å²) in [5.74, 6) is 0.0359. The lowest BCUT2D eigenvalue weighted by atomic mass is 10.0. The van der Waals surface area contributed by atoms with E-state index in [1.165, 1.54) is 0 Å². The summed E-state index contributed by atoms with van der Waals surface area (Å²) in [6, 6.07) is 13.0. The van der Waals surface area contributed by atoms with Crippen LogP contribution in [0.2, 0.25) is 0 Å². The van der Waals surface area contributed by atoms with E-state index < -0.39 is 11.9 Å². The Kier molecular flexibility index (Phi) is 4.31. The number of furan rings is 1. The molecule has 2 N–H and O–H groups in total. The smallest absolute Gasteiger partial charge is 0.255 e. The number of rotatable bonds is 4. The SMILES string of the molecule is Cc1oc2ccccc2c1CNc1ccc2c(c1)CN(C1CCC(=O)NC1=O)C2=O. The first kappa shape index (κ1) is 18.4. The molecule has 7 nitrogen and oxygen atoms in total. The van der Waals surface area contributed by atoms with Crippen molar-refractivity contribution in [3.05, 3.63) is 64.9 Å². The largest absolute Gasteiger partial charge is 0.461 e. The second-order valence-electron chi connectivity index (χ2n) is 7.76. The Hall–Kier alpha value is -3.61. The van der Waals surface area contributed by atoms with Crippen molar-refractivity contribution in [2.45, 2.75) is 38.9 Å². The Morgan fingerprint density at radius 2 is 2.00 bits per heavy atom. The molecule has 1 unspecified atom stereocenters. The fraction of sp³-hybridized carbons (Fsp3) is 0.261. The van der Waals surface area contributed by atoms with Crippen LogP contribution < -0.4 is 10.6 Å². The molecule has 0 radical (unpaired) electrons. The quantitative estimate of drug-likeness (QED) is 0.653. The van der Waals surface area contributed by atoms with Gasteiger partial charge in [0.2, 0.25) is 11.8 Å². The van der Waals surface area contributed by atoms with Gasteiger partial charge in [-0.1, -0.05) is 18.2 Å². The number of imide groups is 1. The van der Waals surface area contributed by atoms with E-state index in [9.17, 15) is 14.4 Å². The van der Waals surface area contributed by atoms with Crippen LogP contribution in [0.25, 0.3) is 11.0 Å². The molecule has 1 atom stereocenters. The Labute approximate surface area is 173 Å². The number of benzene rings is 2. The molecule has 1 fully saturated rings. The predicted octanol–water partition coefficient (Wildman–Crippen LogP) is 3.11. The van der Waals surface area contributed by atoms with Crippen LogP contribution in [0.1, 0.15) is 40.1 Å². The highest BCUT2D eigenvalue weighted by molar-refractivity contribution is 6.05. The van der Waals surface area contributed by atoms with Gasteiger partial charge in [0.15, 0.2) is 0 Å². The van der Waals surface area contributed by atoms with Crippen LogP contribution in [0.3, 0.4) is 0 Å². The molecule has 3 amide bonds. The van der Waals surface area contributed by atoms with Gasteiger partial charge in [0.25, 0.3) is 5.91 Å². The second kappa shape index (κ2) is 7.02. The van der Waals surface area contributed by atoms with Crippen molar-refractivity contribution in [2.24, 2.45) is 0 Å². The van der Waals surface area contributed by atoms with Gasteiger partial charge in [-0.25, -0.2) is 0 Å². The molecule has 0 saturated carbocycles. The molecule has 0 bridgehead atoms. The van der Waals surface area contributed by atoms with E-state index in [0.717, 1.165) is 33.5 Å². The minimum Gasteiger partial charge on any atom is -0.461 e. The lowest BCUT2D eigenvalue weighted by molar-refractivity contribution is -0.136. The molecule has 0 spiro atoms. The molecule has 2 aliphatic heterocycles. The zero-order valence-corrected chi connectivity index (χ0v) is 16.5. The van der Waals surface area contributed by atoms with E-state index in [-0.39, 0.29) is 18.2 Å². The molecule has 5 rings (SSSR count). The summed E-state index contributed by atoms with van der Waals surface area (Å²) in [7, 11) is 0. The number of aryl methyl sites for hydroxylation is 1. The molecule has 30 heavy (non-hydrogen) atoms. The van der Waals surface area contributed by atoms with Gasteiger partial charge < -0.3 is 14.6 Å². The minimum atomic E-state index is -0.598. The van der Waals surface area contributed by atoms with Gasteiger partial charge in [0.05, 0.1) is 0 Å². The van der Waals surface area contributed by atoms with Gasteiger partial charge in [-0.3, -0.25) is 19.7 Å². The molecule has 2 aromatic carbocycles. The third-order valence-electron chi connectivity index (χ3n) is 5.89. The number of para-hydroxylation sites is 1. The Balaban J connectivity index is 1.34. The number of hydrogen-bond donors (Lipinski definition) is 2. The summed E-state index contributed by atoms with van der Waals surface area (Å²) in [5, 5.41) is 6.83. The number of amides is 3. The zero-order valence-electron chi connectivity index (χ0n) is 16.5. The maximum atomic E-state index is 12.8. The standard InChI is InChI=1S/C23H21N3O4/c1-13-18(17-4-2-3-5-20(17)30-13)11-24-15-6-7-16-14(10-15)12-26(23(16)29)19-8-9-21(27)25-22(19)28/h2-7,10,19,24H,8-9,11-12H2,1H3,(H,25,27,28). The maximum Gasteiger partial charge on any atom is 0.255 e. The van der Waals surface area contributed by atoms with Crippen LogP contribution in [0.5, 0.6) is 0 Å². The van der Waals surface area contributed by atoms with Crippen molar-refractivity contribution in [1.29, 1.82) is 0 Å². The van der Waals surface area contributed by atoms with E-state index in [4.69, 9.17) is 4.42 Å². The highest BCUT2D eigenvalue weighted by Gasteiger charge is 2.39. The molecular weight excluding hydrogens is 382 g/mol. The number of carbonyl (C=O) groups is 3. The topological polar surface area (TPSA) is 91.7 Å². The van der Waals surface area contributed by atoms with Crippen LogP contribution in [0, 0.1) is 6.92 Å². The molecule has 1 aromatic heterocycles. The molecule has 3 aromatic rings. The van der Waals surface area contributed by atoms with E-state index in [2.05, 4.69) is 10.6 Å². The van der Waals surface area contributed by atoms with Gasteiger partial charge in [-0.05, 0) is 43.2 Å². The lowest BCUT2D eigenvalue weighted by Crippen LogP contribution is -2.52. The van der Waals surface area contributed by atoms with E-state index in [1.807, 2.05) is 43.3 Å². The average Bonchev–Trinajstić information content (AvgIpc) is 3.22. The predicted molar refractivity (Wildman–Crippen MR) is 111 cm³/mol. The first-order valence-electron chi connectivity index (χ1n) is 10.00. The highest BCUT2D eigenvalue weighted by Crippen LogP contribution is 2.30. The Bertz CT molecular complexity index is 1200.